The fraction of sp³-hybridized carbons (Fsp3) is 0.429. The van der Waals surface area contributed by atoms with Gasteiger partial charge in [-0.1, -0.05) is 18.2 Å². The third-order valence-electron chi connectivity index (χ3n) is 7.40. The predicted octanol–water partition coefficient (Wildman–Crippen LogP) is 3.19. The van der Waals surface area contributed by atoms with Crippen molar-refractivity contribution in [2.24, 2.45) is 10.9 Å². The third-order valence-corrected chi connectivity index (χ3v) is 7.40. The van der Waals surface area contributed by atoms with Crippen molar-refractivity contribution >= 4 is 35.1 Å². The summed E-state index contributed by atoms with van der Waals surface area (Å²) in [5.74, 6) is -4.52. The Morgan fingerprint density at radius 3 is 2.47 bits per heavy atom. The number of piperidine rings is 1. The van der Waals surface area contributed by atoms with Crippen molar-refractivity contribution in [3.05, 3.63) is 69.8 Å². The van der Waals surface area contributed by atoms with Gasteiger partial charge >= 0.3 is 18.0 Å². The maximum Gasteiger partial charge on any atom is 0.352 e. The minimum Gasteiger partial charge on any atom is -0.468 e. The Labute approximate surface area is 246 Å². The van der Waals surface area contributed by atoms with Gasteiger partial charge in [0.25, 0.3) is 5.69 Å². The number of carbonyl (C=O) groups excluding carboxylic acids is 3. The number of nitro groups is 1. The lowest BCUT2D eigenvalue weighted by molar-refractivity contribution is -0.384. The van der Waals surface area contributed by atoms with E-state index in [0.29, 0.717) is 43.1 Å². The van der Waals surface area contributed by atoms with Crippen molar-refractivity contribution in [1.29, 1.82) is 0 Å². The van der Waals surface area contributed by atoms with E-state index in [2.05, 4.69) is 15.6 Å². The number of imide groups is 1. The third kappa shape index (κ3) is 7.11. The first-order valence-corrected chi connectivity index (χ1v) is 13.6. The molecule has 0 bridgehead atoms. The molecule has 0 aromatic heterocycles. The van der Waals surface area contributed by atoms with Gasteiger partial charge in [-0.05, 0) is 36.6 Å². The van der Waals surface area contributed by atoms with Crippen LogP contribution >= 0.6 is 0 Å². The highest BCUT2D eigenvalue weighted by atomic mass is 19.2. The lowest BCUT2D eigenvalue weighted by atomic mass is 9.86. The van der Waals surface area contributed by atoms with Gasteiger partial charge in [0.2, 0.25) is 0 Å². The molecular formula is C28H32F2N6O7. The number of hydrogen-bond acceptors (Lipinski definition) is 9. The number of nitrogens with one attached hydrogen (secondary N) is 2. The Morgan fingerprint density at radius 2 is 1.81 bits per heavy atom. The van der Waals surface area contributed by atoms with Gasteiger partial charge in [0, 0.05) is 45.4 Å². The lowest BCUT2D eigenvalue weighted by Crippen LogP contribution is -2.54. The van der Waals surface area contributed by atoms with Gasteiger partial charge < -0.3 is 25.0 Å². The number of carbonyl (C=O) groups is 3. The molecule has 0 radical (unpaired) electrons. The topological polar surface area (TPSA) is 156 Å². The van der Waals surface area contributed by atoms with Crippen LogP contribution in [-0.2, 0) is 14.3 Å². The zero-order valence-electron chi connectivity index (χ0n) is 23.6. The molecule has 2 atom stereocenters. The van der Waals surface area contributed by atoms with Crippen LogP contribution < -0.4 is 15.5 Å². The molecule has 43 heavy (non-hydrogen) atoms. The molecular weight excluding hydrogens is 570 g/mol. The second-order valence-electron chi connectivity index (χ2n) is 10.0. The average Bonchev–Trinajstić information content (AvgIpc) is 3.00. The molecule has 4 rings (SSSR count). The summed E-state index contributed by atoms with van der Waals surface area (Å²) in [6.45, 7) is 1.39. The van der Waals surface area contributed by atoms with Gasteiger partial charge in [-0.25, -0.2) is 23.3 Å². The van der Waals surface area contributed by atoms with E-state index in [9.17, 15) is 33.3 Å². The van der Waals surface area contributed by atoms with Crippen LogP contribution in [0, 0.1) is 27.7 Å². The molecule has 2 aliphatic rings. The molecule has 1 unspecified atom stereocenters. The number of nitro benzene ring substituents is 1. The first-order chi connectivity index (χ1) is 20.7. The summed E-state index contributed by atoms with van der Waals surface area (Å²) in [6.07, 6.45) is 1.42. The van der Waals surface area contributed by atoms with Gasteiger partial charge in [0.05, 0.1) is 30.4 Å². The van der Waals surface area contributed by atoms with Crippen LogP contribution in [0.3, 0.4) is 0 Å². The van der Waals surface area contributed by atoms with Crippen LogP contribution in [0.25, 0.3) is 0 Å². The quantitative estimate of drug-likeness (QED) is 0.180. The molecule has 0 spiro atoms. The molecule has 0 saturated carbocycles. The number of nitrogens with zero attached hydrogens (tertiary/aromatic N) is 4. The van der Waals surface area contributed by atoms with Crippen molar-refractivity contribution < 1.29 is 37.6 Å². The molecule has 1 fully saturated rings. The van der Waals surface area contributed by atoms with E-state index in [4.69, 9.17) is 9.47 Å². The lowest BCUT2D eigenvalue weighted by Gasteiger charge is -2.37. The molecule has 2 N–H and O–H groups in total. The smallest absolute Gasteiger partial charge is 0.352 e. The van der Waals surface area contributed by atoms with E-state index >= 15 is 0 Å². The number of hydrogen-bond donors (Lipinski definition) is 2. The van der Waals surface area contributed by atoms with Crippen molar-refractivity contribution in [2.75, 3.05) is 51.9 Å². The molecule has 230 valence electrons. The maximum absolute atomic E-state index is 14.2. The number of ether oxygens (including phenoxy) is 2. The Bertz CT molecular complexity index is 1400. The number of anilines is 1. The highest BCUT2D eigenvalue weighted by molar-refractivity contribution is 6.12. The second kappa shape index (κ2) is 14.1. The molecule has 2 aromatic carbocycles. The summed E-state index contributed by atoms with van der Waals surface area (Å²) in [5.41, 5.74) is 0.595. The van der Waals surface area contributed by atoms with Gasteiger partial charge in [-0.15, -0.1) is 0 Å². The minimum atomic E-state index is -1.38. The van der Waals surface area contributed by atoms with E-state index in [-0.39, 0.29) is 36.2 Å². The Morgan fingerprint density at radius 1 is 1.09 bits per heavy atom. The first-order valence-electron chi connectivity index (χ1n) is 13.6. The number of halogens is 2. The van der Waals surface area contributed by atoms with Crippen LogP contribution in [0.1, 0.15) is 24.4 Å². The number of methoxy groups -OCH3 is 2. The van der Waals surface area contributed by atoms with Crippen molar-refractivity contribution in [3.63, 3.8) is 0 Å². The summed E-state index contributed by atoms with van der Waals surface area (Å²) in [7, 11) is 2.45. The van der Waals surface area contributed by atoms with Crippen LogP contribution in [0.15, 0.2) is 47.5 Å². The van der Waals surface area contributed by atoms with Crippen molar-refractivity contribution in [2.45, 2.75) is 24.9 Å². The van der Waals surface area contributed by atoms with Crippen molar-refractivity contribution in [1.82, 2.24) is 15.5 Å². The number of aliphatic imine (C=N–C) groups is 1. The number of rotatable bonds is 10. The number of esters is 1. The van der Waals surface area contributed by atoms with E-state index in [1.165, 1.54) is 19.2 Å². The van der Waals surface area contributed by atoms with Gasteiger partial charge in [0.15, 0.2) is 11.6 Å². The molecule has 0 aliphatic carbocycles. The predicted molar refractivity (Wildman–Crippen MR) is 151 cm³/mol. The molecule has 2 heterocycles. The van der Waals surface area contributed by atoms with Crippen LogP contribution in [0.2, 0.25) is 0 Å². The Hall–Kier alpha value is -4.50. The van der Waals surface area contributed by atoms with Gasteiger partial charge in [0.1, 0.15) is 11.6 Å². The summed E-state index contributed by atoms with van der Waals surface area (Å²) in [6, 6.07) is 6.25. The van der Waals surface area contributed by atoms with Gasteiger partial charge in [-0.3, -0.25) is 14.9 Å². The summed E-state index contributed by atoms with van der Waals surface area (Å²) in [4.78, 5) is 56.7. The Balaban J connectivity index is 1.40. The summed E-state index contributed by atoms with van der Waals surface area (Å²) < 4.78 is 37.9. The highest BCUT2D eigenvalue weighted by Crippen LogP contribution is 2.36. The monoisotopic (exact) mass is 602 g/mol. The molecule has 13 nitrogen and oxygen atoms in total. The molecule has 4 amide bonds. The first kappa shape index (κ1) is 31.4. The number of para-hydroxylation sites is 2. The molecule has 1 saturated heterocycles. The van der Waals surface area contributed by atoms with Crippen LogP contribution in [0.4, 0.5) is 29.7 Å². The Kier molecular flexibility index (Phi) is 10.3. The SMILES string of the molecule is COCC1=NC(=O)N(C(=O)NCCNC2CCN(c3ccccc3[N+](=O)[O-])CC2)[C@@H](c2ccc(F)c(F)c2)C1C(=O)OC. The minimum absolute atomic E-state index is 0.00941. The van der Waals surface area contributed by atoms with E-state index in [1.807, 2.05) is 4.90 Å². The fourth-order valence-electron chi connectivity index (χ4n) is 5.35. The zero-order valence-corrected chi connectivity index (χ0v) is 23.6. The van der Waals surface area contributed by atoms with Gasteiger partial charge in [-0.2, -0.15) is 4.99 Å². The fourth-order valence-corrected chi connectivity index (χ4v) is 5.35. The summed E-state index contributed by atoms with van der Waals surface area (Å²) >= 11 is 0. The van der Waals surface area contributed by atoms with E-state index in [0.717, 1.165) is 19.2 Å². The molecule has 15 heteroatoms. The van der Waals surface area contributed by atoms with Crippen molar-refractivity contribution in [3.8, 4) is 0 Å². The standard InChI is InChI=1S/C28H32F2N6O7/c1-42-16-21-24(26(37)43-2)25(17-7-8-19(29)20(30)15-17)35(28(39)33-21)27(38)32-12-11-31-18-9-13-34(14-10-18)22-5-3-4-6-23(22)36(40)41/h3-8,15,18,24-25,31H,9-14,16H2,1-2H3,(H,32,38)/t24?,25-/m0/s1. The number of urea groups is 2. The van der Waals surface area contributed by atoms with Crippen LogP contribution in [-0.4, -0.2) is 86.6 Å². The highest BCUT2D eigenvalue weighted by Gasteiger charge is 2.47. The zero-order chi connectivity index (χ0) is 31.1. The van der Waals surface area contributed by atoms with Crippen LogP contribution in [0.5, 0.6) is 0 Å². The average molecular weight is 603 g/mol. The number of amides is 4. The maximum atomic E-state index is 14.2. The number of benzene rings is 2. The van der Waals surface area contributed by atoms with E-state index < -0.39 is 46.5 Å². The summed E-state index contributed by atoms with van der Waals surface area (Å²) in [5, 5.41) is 17.3. The van der Waals surface area contributed by atoms with E-state index in [1.54, 1.807) is 18.2 Å². The second-order valence-corrected chi connectivity index (χ2v) is 10.0. The normalized spacial score (nSPS) is 19.2. The molecule has 2 aromatic rings. The molecule has 2 aliphatic heterocycles. The largest absolute Gasteiger partial charge is 0.468 e.